The number of unbranched alkanes of at least 4 members (excludes halogenated alkanes) is 6. The van der Waals surface area contributed by atoms with Crippen molar-refractivity contribution in [1.82, 2.24) is 0 Å². The summed E-state index contributed by atoms with van der Waals surface area (Å²) in [5.41, 5.74) is 1.25. The van der Waals surface area contributed by atoms with Crippen molar-refractivity contribution in [3.63, 3.8) is 0 Å². The van der Waals surface area contributed by atoms with Crippen molar-refractivity contribution in [1.29, 1.82) is 0 Å². The Balaban J connectivity index is 2.04. The van der Waals surface area contributed by atoms with Gasteiger partial charge in [0.25, 0.3) is 0 Å². The van der Waals surface area contributed by atoms with Gasteiger partial charge in [0.05, 0.1) is 14.2 Å². The van der Waals surface area contributed by atoms with E-state index in [9.17, 15) is 4.79 Å². The topological polar surface area (TPSA) is 44.8 Å². The van der Waals surface area contributed by atoms with Crippen LogP contribution in [0, 0.1) is 0 Å². The zero-order chi connectivity index (χ0) is 16.7. The zero-order valence-electron chi connectivity index (χ0n) is 14.3. The van der Waals surface area contributed by atoms with Gasteiger partial charge in [-0.15, -0.1) is 0 Å². The number of methoxy groups -OCH3 is 2. The summed E-state index contributed by atoms with van der Waals surface area (Å²) >= 11 is 0. The summed E-state index contributed by atoms with van der Waals surface area (Å²) in [6.45, 7) is 2.22. The molecule has 0 radical (unpaired) electrons. The maximum Gasteiger partial charge on any atom is 0.348 e. The van der Waals surface area contributed by atoms with Crippen LogP contribution in [0.2, 0.25) is 0 Å². The van der Waals surface area contributed by atoms with Gasteiger partial charge in [-0.2, -0.15) is 0 Å². The number of hydrogen-bond acceptors (Lipinski definition) is 4. The van der Waals surface area contributed by atoms with Crippen LogP contribution >= 0.6 is 0 Å². The molecule has 0 fully saturated rings. The third-order valence-electron chi connectivity index (χ3n) is 4.09. The molecule has 0 amide bonds. The molecular weight excluding hydrogens is 292 g/mol. The molecule has 0 unspecified atom stereocenters. The second kappa shape index (κ2) is 8.61. The van der Waals surface area contributed by atoms with Crippen molar-refractivity contribution in [3.05, 3.63) is 29.3 Å². The van der Waals surface area contributed by atoms with Crippen LogP contribution in [0.5, 0.6) is 11.5 Å². The minimum absolute atomic E-state index is 0.353. The molecule has 1 aromatic carbocycles. The van der Waals surface area contributed by atoms with Crippen LogP contribution in [0.3, 0.4) is 0 Å². The molecule has 0 atom stereocenters. The average Bonchev–Trinajstić information content (AvgIpc) is 2.89. The molecule has 2 rings (SSSR count). The summed E-state index contributed by atoms with van der Waals surface area (Å²) < 4.78 is 16.0. The van der Waals surface area contributed by atoms with Gasteiger partial charge >= 0.3 is 5.97 Å². The van der Waals surface area contributed by atoms with Crippen molar-refractivity contribution >= 4 is 11.7 Å². The van der Waals surface area contributed by atoms with Crippen molar-refractivity contribution in [2.75, 3.05) is 14.2 Å². The van der Waals surface area contributed by atoms with Crippen LogP contribution in [-0.2, 0) is 4.74 Å². The molecule has 23 heavy (non-hydrogen) atoms. The summed E-state index contributed by atoms with van der Waals surface area (Å²) in [5.74, 6) is 1.42. The fourth-order valence-corrected chi connectivity index (χ4v) is 2.79. The number of ether oxygens (including phenoxy) is 3. The largest absolute Gasteiger partial charge is 0.497 e. The molecular formula is C19H26O4. The molecule has 0 aliphatic carbocycles. The Morgan fingerprint density at radius 1 is 1.04 bits per heavy atom. The van der Waals surface area contributed by atoms with E-state index >= 15 is 0 Å². The van der Waals surface area contributed by atoms with Crippen molar-refractivity contribution in [2.24, 2.45) is 0 Å². The van der Waals surface area contributed by atoms with E-state index < -0.39 is 0 Å². The van der Waals surface area contributed by atoms with E-state index in [1.165, 1.54) is 32.1 Å². The molecule has 0 bridgehead atoms. The number of allylic oxidation sites excluding steroid dienone is 1. The molecule has 1 aromatic rings. The van der Waals surface area contributed by atoms with Gasteiger partial charge in [0.1, 0.15) is 22.8 Å². The second-order valence-electron chi connectivity index (χ2n) is 5.77. The predicted octanol–water partition coefficient (Wildman–Crippen LogP) is 4.97. The predicted molar refractivity (Wildman–Crippen MR) is 90.9 cm³/mol. The Kier molecular flexibility index (Phi) is 6.51. The number of esters is 1. The molecule has 0 N–H and O–H groups in total. The lowest BCUT2D eigenvalue weighted by Gasteiger charge is -2.07. The molecule has 126 valence electrons. The van der Waals surface area contributed by atoms with Gasteiger partial charge < -0.3 is 14.2 Å². The average molecular weight is 318 g/mol. The molecule has 1 aliphatic heterocycles. The lowest BCUT2D eigenvalue weighted by molar-refractivity contribution is 0.0712. The van der Waals surface area contributed by atoms with Gasteiger partial charge in [0.15, 0.2) is 0 Å². The highest BCUT2D eigenvalue weighted by molar-refractivity contribution is 6.05. The zero-order valence-corrected chi connectivity index (χ0v) is 14.3. The molecule has 0 saturated carbocycles. The van der Waals surface area contributed by atoms with Crippen molar-refractivity contribution in [3.8, 4) is 11.5 Å². The number of carbonyl (C=O) groups is 1. The minimum atomic E-state index is -0.353. The minimum Gasteiger partial charge on any atom is -0.497 e. The summed E-state index contributed by atoms with van der Waals surface area (Å²) in [7, 11) is 3.14. The molecule has 1 aliphatic rings. The number of cyclic esters (lactones) is 1. The Bertz CT molecular complexity index is 575. The van der Waals surface area contributed by atoms with E-state index in [2.05, 4.69) is 6.92 Å². The molecule has 4 nitrogen and oxygen atoms in total. The fourth-order valence-electron chi connectivity index (χ4n) is 2.79. The van der Waals surface area contributed by atoms with Crippen LogP contribution in [-0.4, -0.2) is 20.2 Å². The SMILES string of the molecule is CCCCCCCCC=C1OC(=O)c2c(OC)cc(OC)cc21. The molecule has 0 spiro atoms. The first-order chi connectivity index (χ1) is 11.2. The summed E-state index contributed by atoms with van der Waals surface area (Å²) in [4.78, 5) is 12.1. The third kappa shape index (κ3) is 4.27. The van der Waals surface area contributed by atoms with E-state index in [1.54, 1.807) is 20.3 Å². The Morgan fingerprint density at radius 3 is 2.48 bits per heavy atom. The lowest BCUT2D eigenvalue weighted by Crippen LogP contribution is -1.99. The number of benzene rings is 1. The van der Waals surface area contributed by atoms with Crippen LogP contribution in [0.4, 0.5) is 0 Å². The molecule has 0 saturated heterocycles. The van der Waals surface area contributed by atoms with E-state index in [4.69, 9.17) is 14.2 Å². The third-order valence-corrected chi connectivity index (χ3v) is 4.09. The van der Waals surface area contributed by atoms with Gasteiger partial charge in [0, 0.05) is 11.6 Å². The second-order valence-corrected chi connectivity index (χ2v) is 5.77. The van der Waals surface area contributed by atoms with Crippen LogP contribution in [0.25, 0.3) is 5.76 Å². The quantitative estimate of drug-likeness (QED) is 0.476. The highest BCUT2D eigenvalue weighted by atomic mass is 16.5. The molecule has 1 heterocycles. The first-order valence-electron chi connectivity index (χ1n) is 8.40. The molecule has 0 aromatic heterocycles. The number of carbonyl (C=O) groups excluding carboxylic acids is 1. The standard InChI is InChI=1S/C19H26O4/c1-4-5-6-7-8-9-10-11-16-15-12-14(21-2)13-17(22-3)18(15)19(20)23-16/h11-13H,4-10H2,1-3H3. The van der Waals surface area contributed by atoms with E-state index in [1.807, 2.05) is 12.1 Å². The highest BCUT2D eigenvalue weighted by Crippen LogP contribution is 2.39. The summed E-state index contributed by atoms with van der Waals surface area (Å²) in [6, 6.07) is 3.53. The van der Waals surface area contributed by atoms with Gasteiger partial charge in [0.2, 0.25) is 0 Å². The van der Waals surface area contributed by atoms with E-state index in [0.29, 0.717) is 22.8 Å². The Hall–Kier alpha value is -1.97. The fraction of sp³-hybridized carbons (Fsp3) is 0.526. The Morgan fingerprint density at radius 2 is 1.78 bits per heavy atom. The van der Waals surface area contributed by atoms with Crippen molar-refractivity contribution < 1.29 is 19.0 Å². The number of fused-ring (bicyclic) bond motifs is 1. The maximum absolute atomic E-state index is 12.1. The first kappa shape index (κ1) is 17.4. The van der Waals surface area contributed by atoms with E-state index in [0.717, 1.165) is 18.4 Å². The van der Waals surface area contributed by atoms with E-state index in [-0.39, 0.29) is 5.97 Å². The summed E-state index contributed by atoms with van der Waals surface area (Å²) in [6.07, 6.45) is 10.4. The Labute approximate surface area is 138 Å². The van der Waals surface area contributed by atoms with Crippen LogP contribution in [0.15, 0.2) is 18.2 Å². The number of rotatable bonds is 9. The maximum atomic E-state index is 12.1. The van der Waals surface area contributed by atoms with Gasteiger partial charge in [-0.1, -0.05) is 39.0 Å². The van der Waals surface area contributed by atoms with Crippen molar-refractivity contribution in [2.45, 2.75) is 51.9 Å². The summed E-state index contributed by atoms with van der Waals surface area (Å²) in [5, 5.41) is 0. The lowest BCUT2D eigenvalue weighted by atomic mass is 10.0. The highest BCUT2D eigenvalue weighted by Gasteiger charge is 2.31. The van der Waals surface area contributed by atoms with Crippen LogP contribution < -0.4 is 9.47 Å². The smallest absolute Gasteiger partial charge is 0.348 e. The molecule has 4 heteroatoms. The normalized spacial score (nSPS) is 14.7. The first-order valence-corrected chi connectivity index (χ1v) is 8.40. The van der Waals surface area contributed by atoms with Crippen LogP contribution in [0.1, 0.15) is 67.8 Å². The monoisotopic (exact) mass is 318 g/mol. The van der Waals surface area contributed by atoms with Gasteiger partial charge in [-0.05, 0) is 25.0 Å². The number of hydrogen-bond donors (Lipinski definition) is 0. The van der Waals surface area contributed by atoms with Gasteiger partial charge in [-0.3, -0.25) is 0 Å². The van der Waals surface area contributed by atoms with Gasteiger partial charge in [-0.25, -0.2) is 4.79 Å².